The SMILES string of the molecule is CCC(O)c1nccn1Cc1cnc(Br)s1. The molecule has 2 heterocycles. The number of hydrogen-bond acceptors (Lipinski definition) is 4. The third-order valence-electron chi connectivity index (χ3n) is 2.28. The molecular formula is C10H12BrN3OS. The van der Waals surface area contributed by atoms with Crippen molar-refractivity contribution < 1.29 is 5.11 Å². The maximum absolute atomic E-state index is 9.78. The van der Waals surface area contributed by atoms with Crippen molar-refractivity contribution in [3.8, 4) is 0 Å². The number of nitrogens with zero attached hydrogens (tertiary/aromatic N) is 3. The molecule has 0 spiro atoms. The Kier molecular flexibility index (Phi) is 3.73. The quantitative estimate of drug-likeness (QED) is 0.944. The van der Waals surface area contributed by atoms with Gasteiger partial charge in [-0.3, -0.25) is 0 Å². The van der Waals surface area contributed by atoms with Crippen molar-refractivity contribution in [2.45, 2.75) is 26.0 Å². The summed E-state index contributed by atoms with van der Waals surface area (Å²) in [6.45, 7) is 2.64. The molecule has 2 aromatic rings. The van der Waals surface area contributed by atoms with Crippen LogP contribution in [0.5, 0.6) is 0 Å². The average Bonchev–Trinajstić information content (AvgIpc) is 2.87. The highest BCUT2D eigenvalue weighted by Gasteiger charge is 2.12. The summed E-state index contributed by atoms with van der Waals surface area (Å²) in [6.07, 6.45) is 5.60. The largest absolute Gasteiger partial charge is 0.385 e. The van der Waals surface area contributed by atoms with E-state index in [0.29, 0.717) is 18.8 Å². The third-order valence-corrected chi connectivity index (χ3v) is 3.74. The predicted octanol–water partition coefficient (Wildman–Crippen LogP) is 2.59. The van der Waals surface area contributed by atoms with Gasteiger partial charge >= 0.3 is 0 Å². The zero-order valence-electron chi connectivity index (χ0n) is 8.80. The first-order valence-corrected chi connectivity index (χ1v) is 6.61. The molecular weight excluding hydrogens is 290 g/mol. The minimum absolute atomic E-state index is 0.494. The highest BCUT2D eigenvalue weighted by Crippen LogP contribution is 2.21. The fraction of sp³-hybridized carbons (Fsp3) is 0.400. The zero-order chi connectivity index (χ0) is 11.5. The standard InChI is InChI=1S/C10H12BrN3OS/c1-2-8(15)9-12-3-4-14(9)6-7-5-13-10(11)16-7/h3-5,8,15H,2,6H2,1H3. The molecule has 0 bridgehead atoms. The number of aromatic nitrogens is 3. The lowest BCUT2D eigenvalue weighted by molar-refractivity contribution is 0.159. The van der Waals surface area contributed by atoms with Gasteiger partial charge in [0.2, 0.25) is 0 Å². The molecule has 0 fully saturated rings. The van der Waals surface area contributed by atoms with Crippen LogP contribution in [-0.4, -0.2) is 19.6 Å². The number of hydrogen-bond donors (Lipinski definition) is 1. The lowest BCUT2D eigenvalue weighted by Crippen LogP contribution is -2.08. The van der Waals surface area contributed by atoms with Gasteiger partial charge in [0.25, 0.3) is 0 Å². The summed E-state index contributed by atoms with van der Waals surface area (Å²) in [5.74, 6) is 0.715. The summed E-state index contributed by atoms with van der Waals surface area (Å²) in [7, 11) is 0. The first-order chi connectivity index (χ1) is 7.70. The third kappa shape index (κ3) is 2.50. The Morgan fingerprint density at radius 1 is 1.56 bits per heavy atom. The summed E-state index contributed by atoms with van der Waals surface area (Å²) in [6, 6.07) is 0. The van der Waals surface area contributed by atoms with Crippen molar-refractivity contribution in [1.29, 1.82) is 0 Å². The normalized spacial score (nSPS) is 12.9. The number of halogens is 1. The van der Waals surface area contributed by atoms with E-state index < -0.39 is 6.10 Å². The summed E-state index contributed by atoms with van der Waals surface area (Å²) < 4.78 is 2.83. The van der Waals surface area contributed by atoms with Crippen molar-refractivity contribution in [2.24, 2.45) is 0 Å². The van der Waals surface area contributed by atoms with Crippen LogP contribution < -0.4 is 0 Å². The second kappa shape index (κ2) is 5.07. The summed E-state index contributed by atoms with van der Waals surface area (Å²) in [5.41, 5.74) is 0. The molecule has 0 aromatic carbocycles. The second-order valence-electron chi connectivity index (χ2n) is 3.42. The van der Waals surface area contributed by atoms with E-state index in [4.69, 9.17) is 0 Å². The maximum atomic E-state index is 9.78. The van der Waals surface area contributed by atoms with E-state index in [9.17, 15) is 5.11 Å². The Morgan fingerprint density at radius 3 is 3.00 bits per heavy atom. The van der Waals surface area contributed by atoms with E-state index in [1.807, 2.05) is 23.9 Å². The Bertz CT molecular complexity index is 468. The van der Waals surface area contributed by atoms with Crippen LogP contribution in [0.15, 0.2) is 22.5 Å². The fourth-order valence-electron chi connectivity index (χ4n) is 1.46. The predicted molar refractivity (Wildman–Crippen MR) is 66.4 cm³/mol. The monoisotopic (exact) mass is 301 g/mol. The molecule has 4 nitrogen and oxygen atoms in total. The number of aliphatic hydroxyl groups excluding tert-OH is 1. The molecule has 2 aromatic heterocycles. The lowest BCUT2D eigenvalue weighted by atomic mass is 10.2. The van der Waals surface area contributed by atoms with E-state index in [-0.39, 0.29) is 0 Å². The van der Waals surface area contributed by atoms with Gasteiger partial charge in [-0.2, -0.15) is 0 Å². The Labute approximate surface area is 106 Å². The van der Waals surface area contributed by atoms with Gasteiger partial charge < -0.3 is 9.67 Å². The van der Waals surface area contributed by atoms with Crippen LogP contribution >= 0.6 is 27.3 Å². The molecule has 0 aliphatic carbocycles. The summed E-state index contributed by atoms with van der Waals surface area (Å²) in [4.78, 5) is 9.44. The van der Waals surface area contributed by atoms with Crippen LogP contribution in [0.25, 0.3) is 0 Å². The van der Waals surface area contributed by atoms with Crippen molar-refractivity contribution in [3.05, 3.63) is 33.2 Å². The van der Waals surface area contributed by atoms with Crippen LogP contribution in [0.2, 0.25) is 0 Å². The molecule has 6 heteroatoms. The first kappa shape index (κ1) is 11.8. The van der Waals surface area contributed by atoms with Crippen molar-refractivity contribution in [1.82, 2.24) is 14.5 Å². The number of thiazole rings is 1. The van der Waals surface area contributed by atoms with Crippen LogP contribution in [0.4, 0.5) is 0 Å². The molecule has 0 radical (unpaired) electrons. The smallest absolute Gasteiger partial charge is 0.159 e. The van der Waals surface area contributed by atoms with Gasteiger partial charge in [0.15, 0.2) is 3.92 Å². The molecule has 2 rings (SSSR count). The van der Waals surface area contributed by atoms with Gasteiger partial charge in [-0.25, -0.2) is 9.97 Å². The molecule has 0 saturated heterocycles. The Hall–Kier alpha value is -0.720. The Balaban J connectivity index is 2.18. The fourth-order valence-corrected chi connectivity index (χ4v) is 2.82. The molecule has 1 atom stereocenters. The van der Waals surface area contributed by atoms with Gasteiger partial charge in [0.1, 0.15) is 11.9 Å². The van der Waals surface area contributed by atoms with E-state index in [1.165, 1.54) is 0 Å². The second-order valence-corrected chi connectivity index (χ2v) is 5.81. The van der Waals surface area contributed by atoms with Crippen LogP contribution in [0, 0.1) is 0 Å². The van der Waals surface area contributed by atoms with Crippen molar-refractivity contribution in [2.75, 3.05) is 0 Å². The maximum Gasteiger partial charge on any atom is 0.159 e. The average molecular weight is 302 g/mol. The zero-order valence-corrected chi connectivity index (χ0v) is 11.2. The molecule has 16 heavy (non-hydrogen) atoms. The van der Waals surface area contributed by atoms with Crippen LogP contribution in [0.1, 0.15) is 30.2 Å². The minimum atomic E-state index is -0.494. The van der Waals surface area contributed by atoms with Crippen molar-refractivity contribution >= 4 is 27.3 Å². The highest BCUT2D eigenvalue weighted by atomic mass is 79.9. The molecule has 0 aliphatic rings. The summed E-state index contributed by atoms with van der Waals surface area (Å²) in [5, 5.41) is 9.78. The molecule has 1 unspecified atom stereocenters. The molecule has 1 N–H and O–H groups in total. The van der Waals surface area contributed by atoms with Crippen LogP contribution in [0.3, 0.4) is 0 Å². The molecule has 0 amide bonds. The van der Waals surface area contributed by atoms with Gasteiger partial charge in [0.05, 0.1) is 6.54 Å². The highest BCUT2D eigenvalue weighted by molar-refractivity contribution is 9.11. The van der Waals surface area contributed by atoms with E-state index in [1.54, 1.807) is 17.5 Å². The number of aliphatic hydroxyl groups is 1. The summed E-state index contributed by atoms with van der Waals surface area (Å²) >= 11 is 4.92. The number of imidazole rings is 1. The molecule has 0 aliphatic heterocycles. The molecule has 0 saturated carbocycles. The van der Waals surface area contributed by atoms with Gasteiger partial charge in [-0.1, -0.05) is 6.92 Å². The van der Waals surface area contributed by atoms with Gasteiger partial charge in [-0.15, -0.1) is 11.3 Å². The van der Waals surface area contributed by atoms with Crippen molar-refractivity contribution in [3.63, 3.8) is 0 Å². The van der Waals surface area contributed by atoms with Gasteiger partial charge in [-0.05, 0) is 22.4 Å². The van der Waals surface area contributed by atoms with E-state index in [0.717, 1.165) is 8.79 Å². The Morgan fingerprint density at radius 2 is 2.38 bits per heavy atom. The van der Waals surface area contributed by atoms with Crippen LogP contribution in [-0.2, 0) is 6.54 Å². The number of rotatable bonds is 4. The molecule has 86 valence electrons. The first-order valence-electron chi connectivity index (χ1n) is 5.00. The topological polar surface area (TPSA) is 50.9 Å². The lowest BCUT2D eigenvalue weighted by Gasteiger charge is -2.10. The van der Waals surface area contributed by atoms with Gasteiger partial charge in [0, 0.05) is 23.5 Å². The van der Waals surface area contributed by atoms with E-state index in [2.05, 4.69) is 25.9 Å². The minimum Gasteiger partial charge on any atom is -0.385 e. The van der Waals surface area contributed by atoms with E-state index >= 15 is 0 Å².